The van der Waals surface area contributed by atoms with Gasteiger partial charge < -0.3 is 0 Å². The number of aromatic nitrogens is 1. The number of rotatable bonds is 3. The number of fused-ring (bicyclic) bond motifs is 1. The van der Waals surface area contributed by atoms with Gasteiger partial charge in [-0.05, 0) is 29.8 Å². The van der Waals surface area contributed by atoms with Crippen molar-refractivity contribution < 1.29 is 9.18 Å². The number of benzene rings is 2. The third-order valence-corrected chi connectivity index (χ3v) is 3.74. The molecule has 3 aromatic rings. The molecule has 0 spiro atoms. The molecule has 3 nitrogen and oxygen atoms in total. The zero-order valence-electron chi connectivity index (χ0n) is 10.9. The van der Waals surface area contributed by atoms with E-state index in [-0.39, 0.29) is 11.7 Å². The summed E-state index contributed by atoms with van der Waals surface area (Å²) in [6, 6.07) is 13.9. The van der Waals surface area contributed by atoms with Crippen LogP contribution in [0.1, 0.15) is 5.56 Å². The van der Waals surface area contributed by atoms with Gasteiger partial charge in [-0.3, -0.25) is 10.1 Å². The van der Waals surface area contributed by atoms with Crippen molar-refractivity contribution in [1.82, 2.24) is 4.98 Å². The molecule has 0 aliphatic carbocycles. The van der Waals surface area contributed by atoms with Gasteiger partial charge in [0.1, 0.15) is 5.82 Å². The highest BCUT2D eigenvalue weighted by Gasteiger charge is 2.06. The first kappa shape index (κ1) is 13.5. The van der Waals surface area contributed by atoms with Gasteiger partial charge in [0, 0.05) is 6.08 Å². The molecule has 0 saturated heterocycles. The van der Waals surface area contributed by atoms with E-state index in [0.717, 1.165) is 5.56 Å². The van der Waals surface area contributed by atoms with E-state index in [2.05, 4.69) is 10.3 Å². The predicted octanol–water partition coefficient (Wildman–Crippen LogP) is 4.09. The average Bonchev–Trinajstić information content (AvgIpc) is 2.87. The van der Waals surface area contributed by atoms with Crippen LogP contribution in [0, 0.1) is 5.82 Å². The van der Waals surface area contributed by atoms with E-state index in [4.69, 9.17) is 0 Å². The molecule has 3 rings (SSSR count). The molecule has 2 aromatic carbocycles. The summed E-state index contributed by atoms with van der Waals surface area (Å²) in [5.41, 5.74) is 1.61. The lowest BCUT2D eigenvalue weighted by Crippen LogP contribution is -2.07. The number of hydrogen-bond donors (Lipinski definition) is 1. The van der Waals surface area contributed by atoms with E-state index in [1.165, 1.54) is 29.5 Å². The van der Waals surface area contributed by atoms with Crippen molar-refractivity contribution in [2.45, 2.75) is 0 Å². The van der Waals surface area contributed by atoms with Crippen LogP contribution in [0.4, 0.5) is 9.52 Å². The highest BCUT2D eigenvalue weighted by molar-refractivity contribution is 7.22. The normalized spacial score (nSPS) is 11.1. The summed E-state index contributed by atoms with van der Waals surface area (Å²) in [7, 11) is 0. The molecule has 21 heavy (non-hydrogen) atoms. The van der Waals surface area contributed by atoms with Gasteiger partial charge >= 0.3 is 0 Å². The van der Waals surface area contributed by atoms with Crippen LogP contribution in [0.5, 0.6) is 0 Å². The molecule has 0 atom stereocenters. The van der Waals surface area contributed by atoms with Crippen molar-refractivity contribution in [2.24, 2.45) is 0 Å². The molecule has 5 heteroatoms. The Kier molecular flexibility index (Phi) is 3.75. The SMILES string of the molecule is O=C(/C=C/c1ccccc1)Nc1nc2ccc(F)cc2s1. The fourth-order valence-corrected chi connectivity index (χ4v) is 2.73. The van der Waals surface area contributed by atoms with Crippen LogP contribution in [0.2, 0.25) is 0 Å². The molecule has 0 unspecified atom stereocenters. The Bertz CT molecular complexity index is 812. The Morgan fingerprint density at radius 2 is 2.00 bits per heavy atom. The van der Waals surface area contributed by atoms with Gasteiger partial charge in [0.05, 0.1) is 10.2 Å². The molecule has 104 valence electrons. The number of anilines is 1. The minimum Gasteiger partial charge on any atom is -0.298 e. The number of halogens is 1. The number of amides is 1. The molecular formula is C16H11FN2OS. The smallest absolute Gasteiger partial charge is 0.250 e. The van der Waals surface area contributed by atoms with Crippen LogP contribution in [0.15, 0.2) is 54.6 Å². The fourth-order valence-electron chi connectivity index (χ4n) is 1.84. The van der Waals surface area contributed by atoms with E-state index < -0.39 is 0 Å². The van der Waals surface area contributed by atoms with Crippen LogP contribution in [0.3, 0.4) is 0 Å². The lowest BCUT2D eigenvalue weighted by molar-refractivity contribution is -0.111. The van der Waals surface area contributed by atoms with Gasteiger partial charge in [-0.15, -0.1) is 0 Å². The summed E-state index contributed by atoms with van der Waals surface area (Å²) in [6.07, 6.45) is 3.17. The van der Waals surface area contributed by atoms with E-state index >= 15 is 0 Å². The molecule has 1 N–H and O–H groups in total. The molecule has 0 fully saturated rings. The van der Waals surface area contributed by atoms with Crippen LogP contribution >= 0.6 is 11.3 Å². The van der Waals surface area contributed by atoms with Crippen molar-refractivity contribution >= 4 is 38.7 Å². The summed E-state index contributed by atoms with van der Waals surface area (Å²) in [6.45, 7) is 0. The molecule has 1 heterocycles. The van der Waals surface area contributed by atoms with Crippen molar-refractivity contribution in [3.05, 3.63) is 66.0 Å². The largest absolute Gasteiger partial charge is 0.298 e. The zero-order chi connectivity index (χ0) is 14.7. The van der Waals surface area contributed by atoms with Gasteiger partial charge in [0.15, 0.2) is 5.13 Å². The van der Waals surface area contributed by atoms with Crippen molar-refractivity contribution in [3.63, 3.8) is 0 Å². The van der Waals surface area contributed by atoms with Crippen molar-refractivity contribution in [1.29, 1.82) is 0 Å². The predicted molar refractivity (Wildman–Crippen MR) is 83.7 cm³/mol. The number of hydrogen-bond acceptors (Lipinski definition) is 3. The summed E-state index contributed by atoms with van der Waals surface area (Å²) in [5.74, 6) is -0.577. The highest BCUT2D eigenvalue weighted by atomic mass is 32.1. The lowest BCUT2D eigenvalue weighted by atomic mass is 10.2. The Morgan fingerprint density at radius 1 is 1.19 bits per heavy atom. The number of carbonyl (C=O) groups excluding carboxylic acids is 1. The Labute approximate surface area is 124 Å². The topological polar surface area (TPSA) is 42.0 Å². The summed E-state index contributed by atoms with van der Waals surface area (Å²) >= 11 is 1.24. The van der Waals surface area contributed by atoms with Crippen molar-refractivity contribution in [2.75, 3.05) is 5.32 Å². The average molecular weight is 298 g/mol. The van der Waals surface area contributed by atoms with Gasteiger partial charge in [-0.1, -0.05) is 41.7 Å². The number of nitrogens with one attached hydrogen (secondary N) is 1. The second kappa shape index (κ2) is 5.85. The van der Waals surface area contributed by atoms with Crippen LogP contribution in [-0.2, 0) is 4.79 Å². The number of thiazole rings is 1. The molecule has 1 aromatic heterocycles. The van der Waals surface area contributed by atoms with E-state index in [1.54, 1.807) is 12.1 Å². The second-order valence-electron chi connectivity index (χ2n) is 4.36. The van der Waals surface area contributed by atoms with Crippen LogP contribution < -0.4 is 5.32 Å². The summed E-state index contributed by atoms with van der Waals surface area (Å²) in [5, 5.41) is 3.14. The second-order valence-corrected chi connectivity index (χ2v) is 5.39. The standard InChI is InChI=1S/C16H11FN2OS/c17-12-7-8-13-14(10-12)21-16(18-13)19-15(20)9-6-11-4-2-1-3-5-11/h1-10H,(H,18,19,20)/b9-6+. The Hall–Kier alpha value is -2.53. The first-order valence-corrected chi connectivity index (χ1v) is 7.12. The zero-order valence-corrected chi connectivity index (χ0v) is 11.7. The molecule has 0 aliphatic rings. The Balaban J connectivity index is 1.73. The van der Waals surface area contributed by atoms with Crippen LogP contribution in [-0.4, -0.2) is 10.9 Å². The minimum absolute atomic E-state index is 0.265. The first-order valence-electron chi connectivity index (χ1n) is 6.31. The van der Waals surface area contributed by atoms with Crippen molar-refractivity contribution in [3.8, 4) is 0 Å². The maximum atomic E-state index is 13.1. The van der Waals surface area contributed by atoms with Gasteiger partial charge in [0.2, 0.25) is 5.91 Å². The molecule has 1 amide bonds. The Morgan fingerprint density at radius 3 is 2.81 bits per heavy atom. The van der Waals surface area contributed by atoms with Gasteiger partial charge in [0.25, 0.3) is 0 Å². The maximum Gasteiger partial charge on any atom is 0.250 e. The first-order chi connectivity index (χ1) is 10.2. The lowest BCUT2D eigenvalue weighted by Gasteiger charge is -1.95. The van der Waals surface area contributed by atoms with Gasteiger partial charge in [-0.25, -0.2) is 9.37 Å². The monoisotopic (exact) mass is 298 g/mol. The molecule has 0 saturated carbocycles. The molecular weight excluding hydrogens is 287 g/mol. The number of nitrogens with zero attached hydrogens (tertiary/aromatic N) is 1. The maximum absolute atomic E-state index is 13.1. The summed E-state index contributed by atoms with van der Waals surface area (Å²) in [4.78, 5) is 16.1. The molecule has 0 radical (unpaired) electrons. The van der Waals surface area contributed by atoms with E-state index in [1.807, 2.05) is 30.3 Å². The molecule has 0 bridgehead atoms. The highest BCUT2D eigenvalue weighted by Crippen LogP contribution is 2.26. The summed E-state index contributed by atoms with van der Waals surface area (Å²) < 4.78 is 13.8. The van der Waals surface area contributed by atoms with Gasteiger partial charge in [-0.2, -0.15) is 0 Å². The van der Waals surface area contributed by atoms with Crippen LogP contribution in [0.25, 0.3) is 16.3 Å². The minimum atomic E-state index is -0.312. The number of carbonyl (C=O) groups is 1. The molecule has 0 aliphatic heterocycles. The van der Waals surface area contributed by atoms with E-state index in [9.17, 15) is 9.18 Å². The van der Waals surface area contributed by atoms with E-state index in [0.29, 0.717) is 15.3 Å². The quantitative estimate of drug-likeness (QED) is 0.740. The third kappa shape index (κ3) is 3.32. The fraction of sp³-hybridized carbons (Fsp3) is 0. The third-order valence-electron chi connectivity index (χ3n) is 2.81.